The van der Waals surface area contributed by atoms with E-state index in [0.29, 0.717) is 23.8 Å². The van der Waals surface area contributed by atoms with E-state index in [-0.39, 0.29) is 5.91 Å². The molecule has 0 saturated carbocycles. The summed E-state index contributed by atoms with van der Waals surface area (Å²) in [7, 11) is 1.84. The third-order valence-corrected chi connectivity index (χ3v) is 5.80. The maximum atomic E-state index is 12.5. The molecule has 1 amide bonds. The van der Waals surface area contributed by atoms with Crippen molar-refractivity contribution in [2.75, 3.05) is 18.1 Å². The van der Waals surface area contributed by atoms with Crippen LogP contribution in [0.2, 0.25) is 0 Å². The van der Waals surface area contributed by atoms with Gasteiger partial charge in [0.15, 0.2) is 11.5 Å². The summed E-state index contributed by atoms with van der Waals surface area (Å²) >= 11 is 0. The molecule has 2 aromatic carbocycles. The van der Waals surface area contributed by atoms with Gasteiger partial charge in [-0.15, -0.1) is 0 Å². The Kier molecular flexibility index (Phi) is 5.85. The molecule has 3 heterocycles. The molecule has 8 heteroatoms. The second-order valence-electron chi connectivity index (χ2n) is 8.24. The Bertz CT molecular complexity index is 1510. The van der Waals surface area contributed by atoms with E-state index in [1.807, 2.05) is 79.3 Å². The monoisotopic (exact) mass is 463 g/mol. The van der Waals surface area contributed by atoms with Crippen molar-refractivity contribution in [1.82, 2.24) is 24.8 Å². The van der Waals surface area contributed by atoms with E-state index in [1.165, 1.54) is 0 Å². The van der Waals surface area contributed by atoms with Crippen molar-refractivity contribution in [3.63, 3.8) is 0 Å². The van der Waals surface area contributed by atoms with Gasteiger partial charge in [-0.25, -0.2) is 15.0 Å². The van der Waals surface area contributed by atoms with E-state index in [0.717, 1.165) is 39.2 Å². The van der Waals surface area contributed by atoms with Crippen molar-refractivity contribution in [3.05, 3.63) is 95.8 Å². The normalized spacial score (nSPS) is 10.9. The SMILES string of the molecule is CNc1ccc(C(=O)NCc2ccc(-n3c(-c4cccnc4N)nc4cc(C)cnc43)cc2)cc1. The highest BCUT2D eigenvalue weighted by Crippen LogP contribution is 2.30. The number of hydrogen-bond donors (Lipinski definition) is 3. The maximum absolute atomic E-state index is 12.5. The number of aromatic nitrogens is 4. The zero-order chi connectivity index (χ0) is 24.4. The van der Waals surface area contributed by atoms with Crippen LogP contribution in [0.5, 0.6) is 0 Å². The fourth-order valence-electron chi connectivity index (χ4n) is 3.93. The smallest absolute Gasteiger partial charge is 0.251 e. The molecule has 5 aromatic rings. The van der Waals surface area contributed by atoms with Gasteiger partial charge >= 0.3 is 0 Å². The molecule has 0 fully saturated rings. The van der Waals surface area contributed by atoms with Crippen LogP contribution < -0.4 is 16.4 Å². The third kappa shape index (κ3) is 4.41. The zero-order valence-electron chi connectivity index (χ0n) is 19.5. The molecule has 0 atom stereocenters. The lowest BCUT2D eigenvalue weighted by atomic mass is 10.1. The minimum absolute atomic E-state index is 0.119. The van der Waals surface area contributed by atoms with E-state index in [9.17, 15) is 4.79 Å². The highest BCUT2D eigenvalue weighted by atomic mass is 16.1. The number of aryl methyl sites for hydroxylation is 1. The van der Waals surface area contributed by atoms with Gasteiger partial charge in [0.1, 0.15) is 11.3 Å². The van der Waals surface area contributed by atoms with Crippen molar-refractivity contribution in [1.29, 1.82) is 0 Å². The number of nitrogens with one attached hydrogen (secondary N) is 2. The Morgan fingerprint density at radius 1 is 1.03 bits per heavy atom. The summed E-state index contributed by atoms with van der Waals surface area (Å²) in [5.41, 5.74) is 12.9. The van der Waals surface area contributed by atoms with E-state index >= 15 is 0 Å². The molecule has 5 rings (SSSR count). The molecular weight excluding hydrogens is 438 g/mol. The first-order valence-corrected chi connectivity index (χ1v) is 11.2. The molecule has 174 valence electrons. The topological polar surface area (TPSA) is 111 Å². The molecule has 0 saturated heterocycles. The number of carbonyl (C=O) groups is 1. The fraction of sp³-hybridized carbons (Fsp3) is 0.111. The van der Waals surface area contributed by atoms with Crippen LogP contribution in [-0.4, -0.2) is 32.5 Å². The molecule has 3 aromatic heterocycles. The van der Waals surface area contributed by atoms with Gasteiger partial charge in [-0.05, 0) is 72.6 Å². The molecule has 0 spiro atoms. The Labute approximate surface area is 202 Å². The summed E-state index contributed by atoms with van der Waals surface area (Å²) in [6, 6.07) is 21.0. The number of carbonyl (C=O) groups excluding carboxylic acids is 1. The van der Waals surface area contributed by atoms with Gasteiger partial charge in [-0.1, -0.05) is 12.1 Å². The van der Waals surface area contributed by atoms with Crippen LogP contribution >= 0.6 is 0 Å². The molecule has 0 aliphatic rings. The molecule has 0 unspecified atom stereocenters. The second-order valence-corrected chi connectivity index (χ2v) is 8.24. The van der Waals surface area contributed by atoms with Crippen LogP contribution in [0.25, 0.3) is 28.2 Å². The predicted molar refractivity (Wildman–Crippen MR) is 138 cm³/mol. The first-order valence-electron chi connectivity index (χ1n) is 11.2. The van der Waals surface area contributed by atoms with Crippen LogP contribution in [0.15, 0.2) is 79.1 Å². The molecule has 0 bridgehead atoms. The van der Waals surface area contributed by atoms with Gasteiger partial charge in [-0.2, -0.15) is 0 Å². The Hall–Kier alpha value is -4.72. The van der Waals surface area contributed by atoms with Crippen molar-refractivity contribution in [3.8, 4) is 17.1 Å². The first kappa shape index (κ1) is 22.1. The van der Waals surface area contributed by atoms with Gasteiger partial charge in [0.05, 0.1) is 5.56 Å². The average Bonchev–Trinajstić information content (AvgIpc) is 3.26. The number of nitrogens with two attached hydrogens (primary N) is 1. The number of nitrogens with zero attached hydrogens (tertiary/aromatic N) is 4. The van der Waals surface area contributed by atoms with Gasteiger partial charge in [0.25, 0.3) is 5.91 Å². The van der Waals surface area contributed by atoms with Gasteiger partial charge in [0.2, 0.25) is 0 Å². The molecule has 35 heavy (non-hydrogen) atoms. The number of rotatable bonds is 6. The lowest BCUT2D eigenvalue weighted by Crippen LogP contribution is -2.22. The number of fused-ring (bicyclic) bond motifs is 1. The maximum Gasteiger partial charge on any atom is 0.251 e. The van der Waals surface area contributed by atoms with Crippen molar-refractivity contribution >= 4 is 28.6 Å². The van der Waals surface area contributed by atoms with Gasteiger partial charge in [-0.3, -0.25) is 9.36 Å². The third-order valence-electron chi connectivity index (χ3n) is 5.80. The zero-order valence-corrected chi connectivity index (χ0v) is 19.5. The first-order chi connectivity index (χ1) is 17.0. The number of imidazole rings is 1. The lowest BCUT2D eigenvalue weighted by molar-refractivity contribution is 0.0951. The summed E-state index contributed by atoms with van der Waals surface area (Å²) in [6.45, 7) is 2.40. The van der Waals surface area contributed by atoms with Crippen LogP contribution in [0.3, 0.4) is 0 Å². The van der Waals surface area contributed by atoms with Crippen LogP contribution in [0.1, 0.15) is 21.5 Å². The summed E-state index contributed by atoms with van der Waals surface area (Å²) in [6.07, 6.45) is 3.48. The summed E-state index contributed by atoms with van der Waals surface area (Å²) in [4.78, 5) is 26.2. The molecule has 0 aliphatic heterocycles. The van der Waals surface area contributed by atoms with Gasteiger partial charge < -0.3 is 16.4 Å². The molecule has 0 radical (unpaired) electrons. The standard InChI is InChI=1S/C27H25N7O/c1-17-14-23-26(31-15-17)34(25(33-23)22-4-3-13-30-24(22)28)21-11-5-18(6-12-21)16-32-27(35)19-7-9-20(29-2)10-8-19/h3-15,29H,16H2,1-2H3,(H2,28,30)(H,32,35). The van der Waals surface area contributed by atoms with Crippen molar-refractivity contribution < 1.29 is 4.79 Å². The average molecular weight is 464 g/mol. The second kappa shape index (κ2) is 9.26. The fourth-order valence-corrected chi connectivity index (χ4v) is 3.93. The van der Waals surface area contributed by atoms with Crippen molar-refractivity contribution in [2.24, 2.45) is 0 Å². The quantitative estimate of drug-likeness (QED) is 0.345. The number of hydrogen-bond acceptors (Lipinski definition) is 6. The summed E-state index contributed by atoms with van der Waals surface area (Å²) in [5.74, 6) is 0.962. The highest BCUT2D eigenvalue weighted by molar-refractivity contribution is 5.94. The minimum atomic E-state index is -0.119. The largest absolute Gasteiger partial charge is 0.388 e. The van der Waals surface area contributed by atoms with E-state index < -0.39 is 0 Å². The van der Waals surface area contributed by atoms with E-state index in [1.54, 1.807) is 18.3 Å². The molecular formula is C27H25N7O. The molecule has 8 nitrogen and oxygen atoms in total. The number of nitrogen functional groups attached to an aromatic ring is 1. The minimum Gasteiger partial charge on any atom is -0.388 e. The van der Waals surface area contributed by atoms with E-state index in [4.69, 9.17) is 10.7 Å². The predicted octanol–water partition coefficient (Wildman–Crippen LogP) is 4.34. The Morgan fingerprint density at radius 2 is 1.80 bits per heavy atom. The summed E-state index contributed by atoms with van der Waals surface area (Å²) in [5, 5.41) is 6.02. The lowest BCUT2D eigenvalue weighted by Gasteiger charge is -2.11. The van der Waals surface area contributed by atoms with Crippen LogP contribution in [0, 0.1) is 6.92 Å². The number of benzene rings is 2. The number of pyridine rings is 2. The van der Waals surface area contributed by atoms with E-state index in [2.05, 4.69) is 20.6 Å². The van der Waals surface area contributed by atoms with Crippen LogP contribution in [0.4, 0.5) is 11.5 Å². The van der Waals surface area contributed by atoms with Gasteiger partial charge in [0, 0.05) is 42.9 Å². The summed E-state index contributed by atoms with van der Waals surface area (Å²) < 4.78 is 1.98. The van der Waals surface area contributed by atoms with Crippen LogP contribution in [-0.2, 0) is 6.54 Å². The Balaban J connectivity index is 1.43. The molecule has 0 aliphatic carbocycles. The molecule has 4 N–H and O–H groups in total. The van der Waals surface area contributed by atoms with Crippen molar-refractivity contribution in [2.45, 2.75) is 13.5 Å². The number of amides is 1. The highest BCUT2D eigenvalue weighted by Gasteiger charge is 2.18. The Morgan fingerprint density at radius 3 is 2.51 bits per heavy atom. The number of anilines is 2.